The highest BCUT2D eigenvalue weighted by atomic mass is 19.3. The minimum absolute atomic E-state index is 0.0587. The molecule has 84 valence electrons. The molecule has 0 saturated carbocycles. The molecule has 0 fully saturated rings. The molecule has 1 aromatic carbocycles. The van der Waals surface area contributed by atoms with Crippen LogP contribution in [0.2, 0.25) is 0 Å². The van der Waals surface area contributed by atoms with Crippen LogP contribution in [0.5, 0.6) is 5.75 Å². The zero-order valence-corrected chi connectivity index (χ0v) is 8.35. The predicted octanol–water partition coefficient (Wildman–Crippen LogP) is 2.65. The Morgan fingerprint density at radius 2 is 2.12 bits per heavy atom. The Balaban J connectivity index is 2.28. The fraction of sp³-hybridized carbons (Fsp3) is 0.200. The maximum absolute atomic E-state index is 12.0. The minimum atomic E-state index is -2.85. The lowest BCUT2D eigenvalue weighted by atomic mass is 10.2. The van der Waals surface area contributed by atoms with Gasteiger partial charge in [0.1, 0.15) is 5.75 Å². The first-order valence-corrected chi connectivity index (χ1v) is 4.50. The van der Waals surface area contributed by atoms with E-state index in [1.54, 1.807) is 19.1 Å². The smallest absolute Gasteiger partial charge is 0.387 e. The first kappa shape index (κ1) is 10.5. The number of nitrogens with zero attached hydrogens (tertiary/aromatic N) is 2. The van der Waals surface area contributed by atoms with Crippen molar-refractivity contribution < 1.29 is 17.9 Å². The Kier molecular flexibility index (Phi) is 2.80. The summed E-state index contributed by atoms with van der Waals surface area (Å²) in [4.78, 5) is 0. The van der Waals surface area contributed by atoms with Gasteiger partial charge in [0.15, 0.2) is 0 Å². The number of benzene rings is 1. The van der Waals surface area contributed by atoms with E-state index >= 15 is 0 Å². The van der Waals surface area contributed by atoms with Crippen LogP contribution in [0.1, 0.15) is 5.89 Å². The monoisotopic (exact) mass is 226 g/mol. The average molecular weight is 226 g/mol. The molecular formula is C10H8F2N2O2. The van der Waals surface area contributed by atoms with Crippen LogP contribution in [0.25, 0.3) is 11.5 Å². The molecule has 0 N–H and O–H groups in total. The van der Waals surface area contributed by atoms with Crippen LogP contribution in [0.15, 0.2) is 28.7 Å². The molecule has 0 bridgehead atoms. The van der Waals surface area contributed by atoms with Crippen LogP contribution in [-0.2, 0) is 0 Å². The second kappa shape index (κ2) is 4.26. The lowest BCUT2D eigenvalue weighted by molar-refractivity contribution is -0.0498. The van der Waals surface area contributed by atoms with Crippen LogP contribution in [-0.4, -0.2) is 16.8 Å². The molecule has 0 saturated heterocycles. The van der Waals surface area contributed by atoms with E-state index in [-0.39, 0.29) is 11.6 Å². The fourth-order valence-corrected chi connectivity index (χ4v) is 1.22. The Morgan fingerprint density at radius 1 is 1.31 bits per heavy atom. The largest absolute Gasteiger partial charge is 0.435 e. The maximum atomic E-state index is 12.0. The predicted molar refractivity (Wildman–Crippen MR) is 51.1 cm³/mol. The van der Waals surface area contributed by atoms with Crippen LogP contribution in [0.4, 0.5) is 8.78 Å². The third-order valence-corrected chi connectivity index (χ3v) is 1.83. The van der Waals surface area contributed by atoms with E-state index < -0.39 is 6.61 Å². The molecular weight excluding hydrogens is 218 g/mol. The van der Waals surface area contributed by atoms with Crippen LogP contribution >= 0.6 is 0 Å². The third-order valence-electron chi connectivity index (χ3n) is 1.83. The summed E-state index contributed by atoms with van der Waals surface area (Å²) in [6.07, 6.45) is 0. The first-order chi connectivity index (χ1) is 7.65. The van der Waals surface area contributed by atoms with Gasteiger partial charge in [-0.15, -0.1) is 10.2 Å². The summed E-state index contributed by atoms with van der Waals surface area (Å²) >= 11 is 0. The lowest BCUT2D eigenvalue weighted by Crippen LogP contribution is -2.01. The zero-order valence-electron chi connectivity index (χ0n) is 8.35. The molecule has 0 aliphatic rings. The normalized spacial score (nSPS) is 10.8. The van der Waals surface area contributed by atoms with Gasteiger partial charge in [-0.3, -0.25) is 0 Å². The van der Waals surface area contributed by atoms with Gasteiger partial charge >= 0.3 is 6.61 Å². The summed E-state index contributed by atoms with van der Waals surface area (Å²) < 4.78 is 33.4. The van der Waals surface area contributed by atoms with Crippen molar-refractivity contribution in [1.82, 2.24) is 10.2 Å². The lowest BCUT2D eigenvalue weighted by Gasteiger charge is -2.04. The molecule has 6 heteroatoms. The molecule has 16 heavy (non-hydrogen) atoms. The molecule has 0 amide bonds. The summed E-state index contributed by atoms with van der Waals surface area (Å²) in [6.45, 7) is -1.20. The number of aromatic nitrogens is 2. The van der Waals surface area contributed by atoms with Gasteiger partial charge in [0, 0.05) is 12.5 Å². The SMILES string of the molecule is Cc1nnc(-c2cccc(OC(F)F)c2)o1. The molecule has 0 aliphatic carbocycles. The third kappa shape index (κ3) is 2.33. The van der Waals surface area contributed by atoms with Gasteiger partial charge in [-0.2, -0.15) is 8.78 Å². The number of hydrogen-bond acceptors (Lipinski definition) is 4. The van der Waals surface area contributed by atoms with Crippen molar-refractivity contribution >= 4 is 0 Å². The standard InChI is InChI=1S/C10H8F2N2O2/c1-6-13-14-9(15-6)7-3-2-4-8(5-7)16-10(11)12/h2-5,10H,1H3. The van der Waals surface area contributed by atoms with E-state index in [0.717, 1.165) is 0 Å². The number of rotatable bonds is 3. The highest BCUT2D eigenvalue weighted by Gasteiger charge is 2.09. The second-order valence-electron chi connectivity index (χ2n) is 3.03. The van der Waals surface area contributed by atoms with Gasteiger partial charge in [-0.05, 0) is 18.2 Å². The maximum Gasteiger partial charge on any atom is 0.387 e. The summed E-state index contributed by atoms with van der Waals surface area (Å²) in [5.74, 6) is 0.746. The van der Waals surface area contributed by atoms with Gasteiger partial charge in [0.05, 0.1) is 0 Å². The molecule has 0 aliphatic heterocycles. The summed E-state index contributed by atoms with van der Waals surface area (Å²) in [7, 11) is 0. The van der Waals surface area contributed by atoms with Crippen LogP contribution in [0.3, 0.4) is 0 Å². The molecule has 2 aromatic rings. The quantitative estimate of drug-likeness (QED) is 0.807. The van der Waals surface area contributed by atoms with Gasteiger partial charge in [0.2, 0.25) is 11.8 Å². The van der Waals surface area contributed by atoms with Crippen LogP contribution < -0.4 is 4.74 Å². The second-order valence-corrected chi connectivity index (χ2v) is 3.03. The highest BCUT2D eigenvalue weighted by Crippen LogP contribution is 2.23. The minimum Gasteiger partial charge on any atom is -0.435 e. The number of aryl methyl sites for hydroxylation is 1. The number of ether oxygens (including phenoxy) is 1. The van der Waals surface area contributed by atoms with Crippen molar-refractivity contribution in [2.24, 2.45) is 0 Å². The number of hydrogen-bond donors (Lipinski definition) is 0. The van der Waals surface area contributed by atoms with Crippen molar-refractivity contribution in [2.75, 3.05) is 0 Å². The summed E-state index contributed by atoms with van der Waals surface area (Å²) in [5.41, 5.74) is 0.541. The van der Waals surface area contributed by atoms with Gasteiger partial charge in [0.25, 0.3) is 0 Å². The molecule has 2 rings (SSSR count). The van der Waals surface area contributed by atoms with Crippen molar-refractivity contribution in [3.05, 3.63) is 30.2 Å². The average Bonchev–Trinajstić information content (AvgIpc) is 2.64. The van der Waals surface area contributed by atoms with Gasteiger partial charge in [-0.1, -0.05) is 6.07 Å². The Labute approximate surface area is 89.9 Å². The molecule has 0 unspecified atom stereocenters. The molecule has 4 nitrogen and oxygen atoms in total. The van der Waals surface area contributed by atoms with Crippen molar-refractivity contribution in [3.8, 4) is 17.2 Å². The first-order valence-electron chi connectivity index (χ1n) is 4.50. The molecule has 1 aromatic heterocycles. The number of alkyl halides is 2. The molecule has 1 heterocycles. The van der Waals surface area contributed by atoms with E-state index in [1.165, 1.54) is 12.1 Å². The van der Waals surface area contributed by atoms with Crippen molar-refractivity contribution in [1.29, 1.82) is 0 Å². The van der Waals surface area contributed by atoms with E-state index in [2.05, 4.69) is 14.9 Å². The summed E-state index contributed by atoms with van der Waals surface area (Å²) in [5, 5.41) is 7.42. The fourth-order valence-electron chi connectivity index (χ4n) is 1.22. The van der Waals surface area contributed by atoms with E-state index in [4.69, 9.17) is 4.42 Å². The zero-order chi connectivity index (χ0) is 11.5. The topological polar surface area (TPSA) is 48.2 Å². The van der Waals surface area contributed by atoms with Crippen molar-refractivity contribution in [3.63, 3.8) is 0 Å². The van der Waals surface area contributed by atoms with E-state index in [1.807, 2.05) is 0 Å². The summed E-state index contributed by atoms with van der Waals surface area (Å²) in [6, 6.07) is 6.09. The molecule has 0 atom stereocenters. The van der Waals surface area contributed by atoms with Gasteiger partial charge < -0.3 is 9.15 Å². The van der Waals surface area contributed by atoms with Crippen molar-refractivity contribution in [2.45, 2.75) is 13.5 Å². The van der Waals surface area contributed by atoms with Gasteiger partial charge in [-0.25, -0.2) is 0 Å². The Bertz CT molecular complexity index is 485. The van der Waals surface area contributed by atoms with E-state index in [0.29, 0.717) is 11.5 Å². The van der Waals surface area contributed by atoms with Crippen LogP contribution in [0, 0.1) is 6.92 Å². The Morgan fingerprint density at radius 3 is 2.75 bits per heavy atom. The molecule has 0 radical (unpaired) electrons. The number of halogens is 2. The van der Waals surface area contributed by atoms with E-state index in [9.17, 15) is 8.78 Å². The molecule has 0 spiro atoms. The highest BCUT2D eigenvalue weighted by molar-refractivity contribution is 5.55. The Hall–Kier alpha value is -1.98.